The Morgan fingerprint density at radius 3 is 3.00 bits per heavy atom. The van der Waals surface area contributed by atoms with E-state index in [1.807, 2.05) is 0 Å². The average Bonchev–Trinajstić information content (AvgIpc) is 2.76. The van der Waals surface area contributed by atoms with Gasteiger partial charge in [0.25, 0.3) is 0 Å². The SMILES string of the molecule is Cc1ccccc1Cc1cn2c(n1)C(N)CCC2. The van der Waals surface area contributed by atoms with E-state index in [4.69, 9.17) is 10.7 Å². The maximum Gasteiger partial charge on any atom is 0.125 e. The van der Waals surface area contributed by atoms with E-state index in [9.17, 15) is 0 Å². The van der Waals surface area contributed by atoms with Crippen molar-refractivity contribution in [2.24, 2.45) is 5.73 Å². The lowest BCUT2D eigenvalue weighted by molar-refractivity contribution is 0.451. The number of aromatic nitrogens is 2. The number of aryl methyl sites for hydroxylation is 2. The second-order valence-electron chi connectivity index (χ2n) is 5.14. The van der Waals surface area contributed by atoms with E-state index in [1.54, 1.807) is 0 Å². The highest BCUT2D eigenvalue weighted by Crippen LogP contribution is 2.23. The minimum Gasteiger partial charge on any atom is -0.333 e. The van der Waals surface area contributed by atoms with Crippen LogP contribution in [-0.4, -0.2) is 9.55 Å². The van der Waals surface area contributed by atoms with Gasteiger partial charge in [-0.25, -0.2) is 4.98 Å². The third kappa shape index (κ3) is 2.06. The van der Waals surface area contributed by atoms with E-state index < -0.39 is 0 Å². The van der Waals surface area contributed by atoms with Gasteiger partial charge in [-0.15, -0.1) is 0 Å². The second kappa shape index (κ2) is 4.58. The van der Waals surface area contributed by atoms with E-state index in [0.29, 0.717) is 0 Å². The van der Waals surface area contributed by atoms with Crippen molar-refractivity contribution in [3.05, 3.63) is 53.1 Å². The first kappa shape index (κ1) is 11.5. The number of rotatable bonds is 2. The van der Waals surface area contributed by atoms with Crippen molar-refractivity contribution in [1.29, 1.82) is 0 Å². The fraction of sp³-hybridized carbons (Fsp3) is 0.400. The largest absolute Gasteiger partial charge is 0.333 e. The van der Waals surface area contributed by atoms with Crippen LogP contribution in [0.25, 0.3) is 0 Å². The number of nitrogens with two attached hydrogens (primary N) is 1. The van der Waals surface area contributed by atoms with Crippen LogP contribution in [0.1, 0.15) is 41.5 Å². The number of nitrogens with zero attached hydrogens (tertiary/aromatic N) is 2. The molecule has 3 rings (SSSR count). The Labute approximate surface area is 108 Å². The Morgan fingerprint density at radius 1 is 1.39 bits per heavy atom. The van der Waals surface area contributed by atoms with Crippen LogP contribution in [-0.2, 0) is 13.0 Å². The Kier molecular flexibility index (Phi) is 2.92. The summed E-state index contributed by atoms with van der Waals surface area (Å²) in [7, 11) is 0. The summed E-state index contributed by atoms with van der Waals surface area (Å²) in [5.41, 5.74) is 9.91. The Balaban J connectivity index is 1.88. The molecule has 1 aliphatic heterocycles. The van der Waals surface area contributed by atoms with Crippen LogP contribution >= 0.6 is 0 Å². The third-order valence-electron chi connectivity index (χ3n) is 3.74. The first-order chi connectivity index (χ1) is 8.74. The number of imidazole rings is 1. The fourth-order valence-electron chi connectivity index (χ4n) is 2.66. The summed E-state index contributed by atoms with van der Waals surface area (Å²) >= 11 is 0. The molecule has 2 heterocycles. The monoisotopic (exact) mass is 241 g/mol. The lowest BCUT2D eigenvalue weighted by atomic mass is 10.0. The van der Waals surface area contributed by atoms with Crippen molar-refractivity contribution in [3.63, 3.8) is 0 Å². The average molecular weight is 241 g/mol. The minimum atomic E-state index is 0.115. The van der Waals surface area contributed by atoms with Gasteiger partial charge in [0.1, 0.15) is 5.82 Å². The lowest BCUT2D eigenvalue weighted by Gasteiger charge is -2.19. The first-order valence-corrected chi connectivity index (χ1v) is 6.60. The van der Waals surface area contributed by atoms with Gasteiger partial charge in [0, 0.05) is 19.2 Å². The Morgan fingerprint density at radius 2 is 2.22 bits per heavy atom. The lowest BCUT2D eigenvalue weighted by Crippen LogP contribution is -2.21. The highest BCUT2D eigenvalue weighted by Gasteiger charge is 2.19. The normalized spacial score (nSPS) is 18.7. The maximum absolute atomic E-state index is 6.10. The second-order valence-corrected chi connectivity index (χ2v) is 5.14. The fourth-order valence-corrected chi connectivity index (χ4v) is 2.66. The smallest absolute Gasteiger partial charge is 0.125 e. The standard InChI is InChI=1S/C15H19N3/c1-11-5-2-3-6-12(11)9-13-10-18-8-4-7-14(16)15(18)17-13/h2-3,5-6,10,14H,4,7-9,16H2,1H3. The Hall–Kier alpha value is -1.61. The summed E-state index contributed by atoms with van der Waals surface area (Å²) in [6, 6.07) is 8.60. The molecule has 0 amide bonds. The van der Waals surface area contributed by atoms with Crippen molar-refractivity contribution < 1.29 is 0 Å². The van der Waals surface area contributed by atoms with E-state index in [0.717, 1.165) is 37.3 Å². The van der Waals surface area contributed by atoms with Crippen molar-refractivity contribution in [2.75, 3.05) is 0 Å². The molecular formula is C15H19N3. The zero-order valence-electron chi connectivity index (χ0n) is 10.8. The van der Waals surface area contributed by atoms with Gasteiger partial charge >= 0.3 is 0 Å². The summed E-state index contributed by atoms with van der Waals surface area (Å²) in [6.07, 6.45) is 5.29. The molecule has 18 heavy (non-hydrogen) atoms. The maximum atomic E-state index is 6.10. The summed E-state index contributed by atoms with van der Waals surface area (Å²) in [6.45, 7) is 3.21. The molecule has 2 N–H and O–H groups in total. The summed E-state index contributed by atoms with van der Waals surface area (Å²) < 4.78 is 2.22. The zero-order chi connectivity index (χ0) is 12.5. The molecule has 0 fully saturated rings. The predicted molar refractivity (Wildman–Crippen MR) is 72.4 cm³/mol. The summed E-state index contributed by atoms with van der Waals surface area (Å²) in [5.74, 6) is 1.06. The molecule has 1 aromatic heterocycles. The zero-order valence-corrected chi connectivity index (χ0v) is 10.8. The quantitative estimate of drug-likeness (QED) is 0.878. The minimum absolute atomic E-state index is 0.115. The van der Waals surface area contributed by atoms with Crippen LogP contribution in [0, 0.1) is 6.92 Å². The molecule has 0 radical (unpaired) electrons. The van der Waals surface area contributed by atoms with Gasteiger partial charge in [0.15, 0.2) is 0 Å². The molecule has 0 aliphatic carbocycles. The van der Waals surface area contributed by atoms with E-state index in [2.05, 4.69) is 42.0 Å². The third-order valence-corrected chi connectivity index (χ3v) is 3.74. The molecule has 1 unspecified atom stereocenters. The predicted octanol–water partition coefficient (Wildman–Crippen LogP) is 2.58. The van der Waals surface area contributed by atoms with Crippen LogP contribution < -0.4 is 5.73 Å². The molecule has 0 saturated heterocycles. The van der Waals surface area contributed by atoms with Gasteiger partial charge in [-0.05, 0) is 30.9 Å². The molecule has 1 aliphatic rings. The van der Waals surface area contributed by atoms with Gasteiger partial charge in [0.2, 0.25) is 0 Å². The van der Waals surface area contributed by atoms with E-state index in [1.165, 1.54) is 11.1 Å². The first-order valence-electron chi connectivity index (χ1n) is 6.60. The molecule has 94 valence electrons. The highest BCUT2D eigenvalue weighted by atomic mass is 15.1. The molecule has 2 aromatic rings. The van der Waals surface area contributed by atoms with Crippen LogP contribution in [0.2, 0.25) is 0 Å². The number of fused-ring (bicyclic) bond motifs is 1. The molecular weight excluding hydrogens is 222 g/mol. The summed E-state index contributed by atoms with van der Waals surface area (Å²) in [4.78, 5) is 4.71. The van der Waals surface area contributed by atoms with Crippen molar-refractivity contribution in [2.45, 2.75) is 38.8 Å². The number of hydrogen-bond acceptors (Lipinski definition) is 2. The van der Waals surface area contributed by atoms with Gasteiger partial charge in [-0.1, -0.05) is 24.3 Å². The van der Waals surface area contributed by atoms with Crippen LogP contribution in [0.4, 0.5) is 0 Å². The van der Waals surface area contributed by atoms with Gasteiger partial charge < -0.3 is 10.3 Å². The van der Waals surface area contributed by atoms with Crippen LogP contribution in [0.15, 0.2) is 30.5 Å². The van der Waals surface area contributed by atoms with Crippen LogP contribution in [0.5, 0.6) is 0 Å². The highest BCUT2D eigenvalue weighted by molar-refractivity contribution is 5.29. The topological polar surface area (TPSA) is 43.8 Å². The van der Waals surface area contributed by atoms with E-state index in [-0.39, 0.29) is 6.04 Å². The molecule has 1 aromatic carbocycles. The van der Waals surface area contributed by atoms with E-state index >= 15 is 0 Å². The molecule has 1 atom stereocenters. The van der Waals surface area contributed by atoms with Crippen molar-refractivity contribution in [3.8, 4) is 0 Å². The molecule has 3 nitrogen and oxygen atoms in total. The van der Waals surface area contributed by atoms with Gasteiger partial charge in [0.05, 0.1) is 11.7 Å². The molecule has 0 spiro atoms. The molecule has 3 heteroatoms. The summed E-state index contributed by atoms with van der Waals surface area (Å²) in [5, 5.41) is 0. The van der Waals surface area contributed by atoms with Crippen molar-refractivity contribution >= 4 is 0 Å². The van der Waals surface area contributed by atoms with Crippen molar-refractivity contribution in [1.82, 2.24) is 9.55 Å². The molecule has 0 saturated carbocycles. The van der Waals surface area contributed by atoms with Gasteiger partial charge in [-0.2, -0.15) is 0 Å². The molecule has 0 bridgehead atoms. The number of benzene rings is 1. The van der Waals surface area contributed by atoms with Crippen LogP contribution in [0.3, 0.4) is 0 Å². The number of hydrogen-bond donors (Lipinski definition) is 1. The van der Waals surface area contributed by atoms with Gasteiger partial charge in [-0.3, -0.25) is 0 Å². The Bertz CT molecular complexity index is 557.